The minimum atomic E-state index is -4.59. The van der Waals surface area contributed by atoms with Gasteiger partial charge in [0.25, 0.3) is 40.5 Å². The fourth-order valence-electron chi connectivity index (χ4n) is 8.17. The van der Waals surface area contributed by atoms with E-state index in [1.807, 2.05) is 27.7 Å². The highest BCUT2D eigenvalue weighted by Crippen LogP contribution is 2.49. The average molecular weight is 956 g/mol. The van der Waals surface area contributed by atoms with Crippen LogP contribution in [0.15, 0.2) is 93.0 Å². The maximum atomic E-state index is 12.8. The number of hydrogen-bond acceptors (Lipinski definition) is 12. The van der Waals surface area contributed by atoms with Gasteiger partial charge in [0, 0.05) is 53.2 Å². The van der Waals surface area contributed by atoms with Crippen LogP contribution in [0.2, 0.25) is 0 Å². The summed E-state index contributed by atoms with van der Waals surface area (Å²) in [7, 11) is -17.8. The standard InChI is InChI=1S/C40H50N4O15S4/c1-39(2)30-22-28(62(54,55)56)12-14-32(30)43(18-6-20-60(48,49)50)34(39)16-10-26-8-5-9-27(38(26)42-24-36(45)41-25-37(46)47)11-17-35-40(3,4)31-23-29(63(57,58)59)13-15-33(31)44(35)19-7-21-61(51,52)53/h10-17,22-23H,5-9,18-21,24-25H2,1-4H3,(H6,41,45,46,47,48,49,50,51,52,53,54,55,56,57,58,59)/p+1/b26-10+,34-16-. The van der Waals surface area contributed by atoms with Gasteiger partial charge in [-0.05, 0) is 92.6 Å². The molecular formula is C40H51N4O15S4+. The SMILES string of the molecule is CC1(C)C(/C=C/C2=C(NCC(=O)NCC(=O)O)C(=C/C=C3\N(CCCS(=O)(=O)O)c4ccc(S(=O)(=O)O)cc4C3(C)C)/CCC2)=[N+](CCCS(=O)(=O)O)c2ccc(S(=O)(=O)O)cc21. The second kappa shape index (κ2) is 18.4. The summed E-state index contributed by atoms with van der Waals surface area (Å²) in [6, 6.07) is 8.15. The van der Waals surface area contributed by atoms with E-state index in [0.29, 0.717) is 70.0 Å². The Hall–Kier alpha value is -4.75. The van der Waals surface area contributed by atoms with E-state index < -0.39 is 81.2 Å². The molecule has 5 rings (SSSR count). The normalized spacial score (nSPS) is 19.0. The van der Waals surface area contributed by atoms with Crippen molar-refractivity contribution in [1.29, 1.82) is 0 Å². The highest BCUT2D eigenvalue weighted by atomic mass is 32.2. The smallest absolute Gasteiger partial charge is 0.322 e. The van der Waals surface area contributed by atoms with Crippen LogP contribution < -0.4 is 15.5 Å². The lowest BCUT2D eigenvalue weighted by Crippen LogP contribution is -2.37. The molecule has 2 aromatic rings. The Kier molecular flexibility index (Phi) is 14.4. The first kappa shape index (κ1) is 49.3. The van der Waals surface area contributed by atoms with Crippen molar-refractivity contribution >= 4 is 69.4 Å². The molecule has 7 N–H and O–H groups in total. The second-order valence-electron chi connectivity index (χ2n) is 16.4. The van der Waals surface area contributed by atoms with Crippen LogP contribution in [0.25, 0.3) is 0 Å². The van der Waals surface area contributed by atoms with Gasteiger partial charge in [-0.2, -0.15) is 38.2 Å². The minimum absolute atomic E-state index is 0.00156. The second-order valence-corrected chi connectivity index (χ2v) is 22.4. The third-order valence-corrected chi connectivity index (χ3v) is 14.5. The largest absolute Gasteiger partial charge is 0.480 e. The molecule has 1 aliphatic carbocycles. The van der Waals surface area contributed by atoms with Crippen molar-refractivity contribution in [3.05, 3.63) is 94.4 Å². The topological polar surface area (TPSA) is 302 Å². The van der Waals surface area contributed by atoms with Crippen molar-refractivity contribution < 1.29 is 71.2 Å². The van der Waals surface area contributed by atoms with Gasteiger partial charge >= 0.3 is 5.97 Å². The van der Waals surface area contributed by atoms with Crippen LogP contribution in [-0.4, -0.2) is 117 Å². The highest BCUT2D eigenvalue weighted by molar-refractivity contribution is 7.86. The number of nitrogens with one attached hydrogen (secondary N) is 2. The third kappa shape index (κ3) is 11.9. The van der Waals surface area contributed by atoms with Crippen molar-refractivity contribution in [2.45, 2.75) is 80.4 Å². The van der Waals surface area contributed by atoms with Gasteiger partial charge in [-0.1, -0.05) is 26.0 Å². The van der Waals surface area contributed by atoms with E-state index in [1.165, 1.54) is 36.4 Å². The fourth-order valence-corrected chi connectivity index (χ4v) is 10.2. The maximum Gasteiger partial charge on any atom is 0.322 e. The van der Waals surface area contributed by atoms with Gasteiger partial charge in [0.15, 0.2) is 5.71 Å². The Balaban J connectivity index is 1.64. The summed E-state index contributed by atoms with van der Waals surface area (Å²) in [4.78, 5) is 25.1. The zero-order chi connectivity index (χ0) is 46.9. The van der Waals surface area contributed by atoms with Crippen LogP contribution in [-0.2, 0) is 60.9 Å². The molecule has 2 aromatic carbocycles. The number of fused-ring (bicyclic) bond motifs is 2. The molecule has 0 atom stereocenters. The molecule has 0 radical (unpaired) electrons. The summed E-state index contributed by atoms with van der Waals surface area (Å²) in [5.74, 6) is -2.96. The van der Waals surface area contributed by atoms with Gasteiger partial charge in [-0.25, -0.2) is 0 Å². The molecular weight excluding hydrogens is 905 g/mol. The van der Waals surface area contributed by atoms with Crippen molar-refractivity contribution in [3.63, 3.8) is 0 Å². The predicted molar refractivity (Wildman–Crippen MR) is 233 cm³/mol. The van der Waals surface area contributed by atoms with Crippen molar-refractivity contribution in [3.8, 4) is 0 Å². The first-order chi connectivity index (χ1) is 29.0. The molecule has 2 aliphatic heterocycles. The summed E-state index contributed by atoms with van der Waals surface area (Å²) >= 11 is 0. The summed E-state index contributed by atoms with van der Waals surface area (Å²) in [6.07, 6.45) is 8.74. The Morgan fingerprint density at radius 2 is 1.37 bits per heavy atom. The molecule has 0 saturated carbocycles. The zero-order valence-electron chi connectivity index (χ0n) is 34.9. The Morgan fingerprint density at radius 1 is 0.762 bits per heavy atom. The zero-order valence-corrected chi connectivity index (χ0v) is 38.2. The summed E-state index contributed by atoms with van der Waals surface area (Å²) in [5.41, 5.74) is 3.44. The van der Waals surface area contributed by atoms with Crippen molar-refractivity contribution in [2.75, 3.05) is 42.6 Å². The number of anilines is 1. The summed E-state index contributed by atoms with van der Waals surface area (Å²) in [6.45, 7) is 6.52. The van der Waals surface area contributed by atoms with Gasteiger partial charge in [-0.3, -0.25) is 27.8 Å². The summed E-state index contributed by atoms with van der Waals surface area (Å²) < 4.78 is 136. The quantitative estimate of drug-likeness (QED) is 0.0831. The Morgan fingerprint density at radius 3 is 1.97 bits per heavy atom. The van der Waals surface area contributed by atoms with Crippen LogP contribution >= 0.6 is 0 Å². The van der Waals surface area contributed by atoms with Crippen LogP contribution in [0.5, 0.6) is 0 Å². The van der Waals surface area contributed by atoms with Gasteiger partial charge in [0.2, 0.25) is 11.6 Å². The monoisotopic (exact) mass is 955 g/mol. The number of hydrogen-bond donors (Lipinski definition) is 7. The molecule has 0 unspecified atom stereocenters. The molecule has 63 heavy (non-hydrogen) atoms. The number of aliphatic carboxylic acids is 1. The number of carboxylic acids is 1. The molecule has 3 aliphatic rings. The van der Waals surface area contributed by atoms with E-state index in [2.05, 4.69) is 10.6 Å². The summed E-state index contributed by atoms with van der Waals surface area (Å²) in [5, 5.41) is 14.6. The number of rotatable bonds is 18. The van der Waals surface area contributed by atoms with Gasteiger partial charge < -0.3 is 20.6 Å². The number of allylic oxidation sites excluding steroid dienone is 7. The number of benzene rings is 2. The highest BCUT2D eigenvalue weighted by Gasteiger charge is 2.45. The molecule has 2 heterocycles. The number of amides is 1. The number of carbonyl (C=O) groups is 2. The fraction of sp³-hybridized carbons (Fsp3) is 0.425. The van der Waals surface area contributed by atoms with E-state index >= 15 is 0 Å². The maximum absolute atomic E-state index is 12.8. The van der Waals surface area contributed by atoms with Crippen molar-refractivity contribution in [2.24, 2.45) is 0 Å². The Labute approximate surface area is 367 Å². The number of nitrogens with zero attached hydrogens (tertiary/aromatic N) is 2. The van der Waals surface area contributed by atoms with Crippen LogP contribution in [0, 0.1) is 0 Å². The van der Waals surface area contributed by atoms with Gasteiger partial charge in [-0.15, -0.1) is 0 Å². The number of carboxylic acid groups (broad SMARTS) is 1. The predicted octanol–water partition coefficient (Wildman–Crippen LogP) is 3.50. The molecule has 0 aromatic heterocycles. The van der Waals surface area contributed by atoms with Crippen LogP contribution in [0.4, 0.5) is 11.4 Å². The molecule has 0 bridgehead atoms. The lowest BCUT2D eigenvalue weighted by Gasteiger charge is -2.27. The lowest BCUT2D eigenvalue weighted by molar-refractivity contribution is -0.437. The van der Waals surface area contributed by atoms with E-state index in [0.717, 1.165) is 0 Å². The molecule has 344 valence electrons. The van der Waals surface area contributed by atoms with Crippen LogP contribution in [0.1, 0.15) is 70.9 Å². The minimum Gasteiger partial charge on any atom is -0.480 e. The molecule has 19 nitrogen and oxygen atoms in total. The number of carbonyl (C=O) groups excluding carboxylic acids is 1. The lowest BCUT2D eigenvalue weighted by atomic mass is 9.81. The first-order valence-corrected chi connectivity index (χ1v) is 25.7. The van der Waals surface area contributed by atoms with E-state index in [-0.39, 0.29) is 42.3 Å². The first-order valence-electron chi connectivity index (χ1n) is 19.6. The average Bonchev–Trinajstić information content (AvgIpc) is 3.50. The van der Waals surface area contributed by atoms with E-state index in [9.17, 15) is 61.5 Å². The van der Waals surface area contributed by atoms with E-state index in [4.69, 9.17) is 5.11 Å². The molecule has 0 spiro atoms. The Bertz CT molecular complexity index is 2820. The van der Waals surface area contributed by atoms with Gasteiger partial charge in [0.05, 0.1) is 33.3 Å². The van der Waals surface area contributed by atoms with E-state index in [1.54, 1.807) is 33.8 Å². The van der Waals surface area contributed by atoms with Crippen LogP contribution in [0.3, 0.4) is 0 Å². The molecule has 0 saturated heterocycles. The molecule has 23 heteroatoms. The molecule has 1 amide bonds. The van der Waals surface area contributed by atoms with Crippen molar-refractivity contribution in [1.82, 2.24) is 10.6 Å². The molecule has 0 fully saturated rings. The van der Waals surface area contributed by atoms with Gasteiger partial charge in [0.1, 0.15) is 13.1 Å². The third-order valence-electron chi connectivity index (χ3n) is 11.2.